The molecule has 6 atom stereocenters. The zero-order chi connectivity index (χ0) is 24.5. The van der Waals surface area contributed by atoms with Crippen molar-refractivity contribution in [1.29, 1.82) is 0 Å². The Kier molecular flexibility index (Phi) is 5.21. The number of carbonyl (C=O) groups excluding carboxylic acids is 1. The smallest absolute Gasteiger partial charge is 0.302 e. The van der Waals surface area contributed by atoms with E-state index in [4.69, 9.17) is 4.74 Å². The molecule has 2 saturated carbocycles. The lowest BCUT2D eigenvalue weighted by Gasteiger charge is -2.57. The van der Waals surface area contributed by atoms with Gasteiger partial charge in [0.1, 0.15) is 17.7 Å². The summed E-state index contributed by atoms with van der Waals surface area (Å²) in [5, 5.41) is 0. The zero-order valence-corrected chi connectivity index (χ0v) is 20.7. The molecule has 0 bridgehead atoms. The summed E-state index contributed by atoms with van der Waals surface area (Å²) in [7, 11) is 0. The Labute approximate surface area is 206 Å². The molecule has 184 valence electrons. The van der Waals surface area contributed by atoms with E-state index < -0.39 is 11.6 Å². The summed E-state index contributed by atoms with van der Waals surface area (Å²) in [5.74, 6) is 0.451. The molecule has 0 saturated heterocycles. The van der Waals surface area contributed by atoms with E-state index in [-0.39, 0.29) is 22.9 Å². The van der Waals surface area contributed by atoms with Crippen molar-refractivity contribution in [3.05, 3.63) is 64.9 Å². The Balaban J connectivity index is 1.31. The van der Waals surface area contributed by atoms with Crippen molar-refractivity contribution >= 4 is 5.97 Å². The van der Waals surface area contributed by atoms with E-state index in [0.717, 1.165) is 44.6 Å². The van der Waals surface area contributed by atoms with Crippen LogP contribution in [-0.4, -0.2) is 17.1 Å². The van der Waals surface area contributed by atoms with Crippen LogP contribution < -0.4 is 0 Å². The number of ether oxygens (including phenoxy) is 1. The quantitative estimate of drug-likeness (QED) is 0.348. The molecule has 0 N–H and O–H groups in total. The Hall–Kier alpha value is -2.56. The molecule has 2 aromatic rings. The van der Waals surface area contributed by atoms with E-state index in [1.807, 2.05) is 6.20 Å². The van der Waals surface area contributed by atoms with Gasteiger partial charge in [0.2, 0.25) is 0 Å². The van der Waals surface area contributed by atoms with Gasteiger partial charge in [0.25, 0.3) is 0 Å². The Morgan fingerprint density at radius 2 is 1.74 bits per heavy atom. The van der Waals surface area contributed by atoms with Gasteiger partial charge in [0.05, 0.1) is 5.69 Å². The van der Waals surface area contributed by atoms with E-state index in [9.17, 15) is 13.6 Å². The van der Waals surface area contributed by atoms with Crippen molar-refractivity contribution in [2.24, 2.45) is 23.2 Å². The minimum atomic E-state index is -0.576. The molecule has 6 rings (SSSR count). The topological polar surface area (TPSA) is 39.2 Å². The molecule has 5 heteroatoms. The predicted octanol–water partition coefficient (Wildman–Crippen LogP) is 6.94. The van der Waals surface area contributed by atoms with Gasteiger partial charge in [0, 0.05) is 31.2 Å². The van der Waals surface area contributed by atoms with Crippen molar-refractivity contribution in [3.63, 3.8) is 0 Å². The Morgan fingerprint density at radius 1 is 1.00 bits per heavy atom. The number of hydrogen-bond donors (Lipinski definition) is 0. The van der Waals surface area contributed by atoms with Crippen LogP contribution in [0.5, 0.6) is 0 Å². The molecule has 0 aliphatic heterocycles. The summed E-state index contributed by atoms with van der Waals surface area (Å²) in [5.41, 5.74) is 5.47. The first-order valence-corrected chi connectivity index (χ1v) is 13.0. The van der Waals surface area contributed by atoms with Gasteiger partial charge in [-0.1, -0.05) is 25.5 Å². The number of benzene rings is 1. The molecule has 0 unspecified atom stereocenters. The first-order chi connectivity index (χ1) is 16.7. The number of esters is 1. The number of rotatable bonds is 2. The van der Waals surface area contributed by atoms with E-state index in [2.05, 4.69) is 31.0 Å². The normalized spacial score (nSPS) is 35.3. The molecule has 1 heterocycles. The molecule has 0 spiro atoms. The van der Waals surface area contributed by atoms with Gasteiger partial charge in [-0.25, -0.2) is 8.78 Å². The van der Waals surface area contributed by atoms with Crippen LogP contribution in [0.25, 0.3) is 11.3 Å². The fourth-order valence-corrected chi connectivity index (χ4v) is 8.27. The van der Waals surface area contributed by atoms with Crippen LogP contribution in [0, 0.1) is 34.8 Å². The van der Waals surface area contributed by atoms with Crippen LogP contribution >= 0.6 is 0 Å². The SMILES string of the molecule is CC(=O)O[C@H]1CC[C@@]2(C)C(=CC[C@H]3[C@@H]2CC[C@]2(C)c4cc(-c5cc(F)cc(F)c5)ncc4C[C@@H]32)C1. The highest BCUT2D eigenvalue weighted by atomic mass is 19.1. The van der Waals surface area contributed by atoms with Crippen molar-refractivity contribution in [2.75, 3.05) is 0 Å². The first-order valence-electron chi connectivity index (χ1n) is 13.0. The molecular formula is C30H33F2NO2. The monoisotopic (exact) mass is 477 g/mol. The molecule has 1 aromatic carbocycles. The van der Waals surface area contributed by atoms with Gasteiger partial charge < -0.3 is 4.74 Å². The molecule has 35 heavy (non-hydrogen) atoms. The van der Waals surface area contributed by atoms with E-state index in [0.29, 0.717) is 29.0 Å². The highest BCUT2D eigenvalue weighted by molar-refractivity contribution is 5.66. The highest BCUT2D eigenvalue weighted by Crippen LogP contribution is 2.64. The maximum atomic E-state index is 13.9. The number of halogens is 2. The fourth-order valence-electron chi connectivity index (χ4n) is 8.27. The van der Waals surface area contributed by atoms with Crippen molar-refractivity contribution in [2.45, 2.75) is 77.2 Å². The van der Waals surface area contributed by atoms with Gasteiger partial charge in [-0.05, 0) is 96.4 Å². The van der Waals surface area contributed by atoms with Crippen LogP contribution in [0.4, 0.5) is 8.78 Å². The molecule has 2 fully saturated rings. The number of hydrogen-bond acceptors (Lipinski definition) is 3. The molecule has 4 aliphatic carbocycles. The standard InChI is InChI=1S/C30H33F2NO2/c1-17(34)35-23-6-8-29(2)20(13-23)4-5-24-25(29)7-9-30(3)26-15-28(33-16-19(26)12-27(24)30)18-10-21(31)14-22(32)11-18/h4,10-11,14-16,23-25,27H,5-9,12-13H2,1-3H3/t23-,24-,25-,27-,29-,30+/m0/s1. The number of carbonyl (C=O) groups is 1. The average molecular weight is 478 g/mol. The van der Waals surface area contributed by atoms with E-state index in [1.165, 1.54) is 42.2 Å². The van der Waals surface area contributed by atoms with Gasteiger partial charge in [-0.2, -0.15) is 0 Å². The number of aromatic nitrogens is 1. The second-order valence-corrected chi connectivity index (χ2v) is 11.8. The minimum Gasteiger partial charge on any atom is -0.462 e. The maximum Gasteiger partial charge on any atom is 0.302 e. The van der Waals surface area contributed by atoms with Crippen LogP contribution in [-0.2, 0) is 21.4 Å². The molecule has 0 radical (unpaired) electrons. The first kappa shape index (κ1) is 22.9. The molecule has 0 amide bonds. The fraction of sp³-hybridized carbons (Fsp3) is 0.533. The highest BCUT2D eigenvalue weighted by Gasteiger charge is 2.57. The summed E-state index contributed by atoms with van der Waals surface area (Å²) in [6.07, 6.45) is 11.7. The average Bonchev–Trinajstić information content (AvgIpc) is 3.10. The van der Waals surface area contributed by atoms with Gasteiger partial charge in [-0.3, -0.25) is 9.78 Å². The molecule has 1 aromatic heterocycles. The van der Waals surface area contributed by atoms with Gasteiger partial charge in [0.15, 0.2) is 0 Å². The summed E-state index contributed by atoms with van der Waals surface area (Å²) >= 11 is 0. The van der Waals surface area contributed by atoms with Crippen molar-refractivity contribution in [3.8, 4) is 11.3 Å². The van der Waals surface area contributed by atoms with Crippen LogP contribution in [0.2, 0.25) is 0 Å². The van der Waals surface area contributed by atoms with Crippen molar-refractivity contribution in [1.82, 2.24) is 4.98 Å². The number of fused-ring (bicyclic) bond motifs is 7. The number of pyridine rings is 1. The molecule has 4 aliphatic rings. The third-order valence-corrected chi connectivity index (χ3v) is 9.98. The largest absolute Gasteiger partial charge is 0.462 e. The van der Waals surface area contributed by atoms with Crippen LogP contribution in [0.3, 0.4) is 0 Å². The second kappa shape index (κ2) is 7.97. The van der Waals surface area contributed by atoms with E-state index >= 15 is 0 Å². The molecular weight excluding hydrogens is 444 g/mol. The van der Waals surface area contributed by atoms with Gasteiger partial charge in [-0.15, -0.1) is 0 Å². The Morgan fingerprint density at radius 3 is 2.49 bits per heavy atom. The summed E-state index contributed by atoms with van der Waals surface area (Å²) < 4.78 is 33.3. The molecule has 3 nitrogen and oxygen atoms in total. The lowest BCUT2D eigenvalue weighted by Crippen LogP contribution is -2.51. The zero-order valence-electron chi connectivity index (χ0n) is 20.7. The third kappa shape index (κ3) is 3.56. The maximum absolute atomic E-state index is 13.9. The van der Waals surface area contributed by atoms with Crippen LogP contribution in [0.15, 0.2) is 42.1 Å². The van der Waals surface area contributed by atoms with Gasteiger partial charge >= 0.3 is 5.97 Å². The summed E-state index contributed by atoms with van der Waals surface area (Å²) in [4.78, 5) is 16.1. The van der Waals surface area contributed by atoms with Crippen LogP contribution in [0.1, 0.15) is 70.4 Å². The minimum absolute atomic E-state index is 0.0186. The summed E-state index contributed by atoms with van der Waals surface area (Å²) in [6, 6.07) is 5.73. The van der Waals surface area contributed by atoms with Crippen molar-refractivity contribution < 1.29 is 18.3 Å². The third-order valence-electron chi connectivity index (χ3n) is 9.98. The second-order valence-electron chi connectivity index (χ2n) is 11.8. The lowest BCUT2D eigenvalue weighted by atomic mass is 9.47. The number of nitrogens with zero attached hydrogens (tertiary/aromatic N) is 1. The van der Waals surface area contributed by atoms with E-state index in [1.54, 1.807) is 0 Å². The predicted molar refractivity (Wildman–Crippen MR) is 131 cm³/mol. The number of allylic oxidation sites excluding steroid dienone is 1. The Bertz CT molecular complexity index is 1220. The summed E-state index contributed by atoms with van der Waals surface area (Å²) in [6.45, 7) is 6.35. The lowest BCUT2D eigenvalue weighted by molar-refractivity contribution is -0.148.